The Morgan fingerprint density at radius 3 is 1.77 bits per heavy atom. The largest absolute Gasteiger partial charge is 0.394 e. The summed E-state index contributed by atoms with van der Waals surface area (Å²) in [6.07, 6.45) is -9.50. The first kappa shape index (κ1) is 21.4. The normalized spacial score (nSPS) is 46.7. The molecule has 2 aliphatic rings. The van der Waals surface area contributed by atoms with Crippen LogP contribution in [0.5, 0.6) is 0 Å². The van der Waals surface area contributed by atoms with Gasteiger partial charge in [-0.25, -0.2) is 0 Å². The molecule has 2 saturated heterocycles. The highest BCUT2D eigenvalue weighted by Crippen LogP contribution is 2.25. The van der Waals surface area contributed by atoms with Crippen LogP contribution in [0.4, 0.5) is 0 Å². The summed E-state index contributed by atoms with van der Waals surface area (Å²) in [5, 5.41) is 68.1. The molecule has 0 aromatic heterocycles. The molecular formula is C15H24O11. The van der Waals surface area contributed by atoms with E-state index in [0.29, 0.717) is 0 Å². The maximum absolute atomic E-state index is 10.00. The van der Waals surface area contributed by atoms with Gasteiger partial charge in [0, 0.05) is 0 Å². The van der Waals surface area contributed by atoms with E-state index in [4.69, 9.17) is 30.5 Å². The van der Waals surface area contributed by atoms with Crippen molar-refractivity contribution < 1.29 is 54.7 Å². The van der Waals surface area contributed by atoms with Crippen LogP contribution in [0, 0.1) is 12.3 Å². The number of hydrogen-bond acceptors (Lipinski definition) is 11. The van der Waals surface area contributed by atoms with Crippen molar-refractivity contribution in [3.63, 3.8) is 0 Å². The van der Waals surface area contributed by atoms with E-state index in [2.05, 4.69) is 5.92 Å². The molecule has 0 aromatic carbocycles. The highest BCUT2D eigenvalue weighted by molar-refractivity contribution is 4.92. The Morgan fingerprint density at radius 2 is 1.23 bits per heavy atom. The van der Waals surface area contributed by atoms with Crippen molar-refractivity contribution in [2.75, 3.05) is 19.8 Å². The smallest absolute Gasteiger partial charge is 0.187 e. The molecule has 2 fully saturated rings. The zero-order valence-electron chi connectivity index (χ0n) is 13.7. The summed E-state index contributed by atoms with van der Waals surface area (Å²) in [4.78, 5) is 0. The molecule has 7 N–H and O–H groups in total. The molecule has 0 bridgehead atoms. The van der Waals surface area contributed by atoms with Crippen LogP contribution >= 0.6 is 0 Å². The molecule has 26 heavy (non-hydrogen) atoms. The minimum absolute atomic E-state index is 0.204. The van der Waals surface area contributed by atoms with E-state index < -0.39 is 74.6 Å². The first-order valence-electron chi connectivity index (χ1n) is 7.98. The van der Waals surface area contributed by atoms with Gasteiger partial charge in [-0.05, 0) is 0 Å². The summed E-state index contributed by atoms with van der Waals surface area (Å²) >= 11 is 0. The number of hydrogen-bond donors (Lipinski definition) is 7. The molecule has 0 amide bonds. The van der Waals surface area contributed by atoms with Gasteiger partial charge in [0.1, 0.15) is 55.4 Å². The molecular weight excluding hydrogens is 356 g/mol. The summed E-state index contributed by atoms with van der Waals surface area (Å²) in [6.45, 7) is -1.26. The Balaban J connectivity index is 1.97. The molecule has 11 heteroatoms. The minimum Gasteiger partial charge on any atom is -0.394 e. The number of terminal acetylenes is 1. The first-order valence-corrected chi connectivity index (χ1v) is 7.98. The van der Waals surface area contributed by atoms with Gasteiger partial charge in [-0.3, -0.25) is 0 Å². The molecule has 0 aromatic rings. The fourth-order valence-corrected chi connectivity index (χ4v) is 2.72. The lowest BCUT2D eigenvalue weighted by Gasteiger charge is -2.42. The predicted molar refractivity (Wildman–Crippen MR) is 81.2 cm³/mol. The van der Waals surface area contributed by atoms with Crippen molar-refractivity contribution in [2.45, 2.75) is 61.4 Å². The average molecular weight is 380 g/mol. The van der Waals surface area contributed by atoms with Crippen LogP contribution in [0.2, 0.25) is 0 Å². The molecule has 10 atom stereocenters. The van der Waals surface area contributed by atoms with Crippen molar-refractivity contribution in [2.24, 2.45) is 0 Å². The molecule has 0 spiro atoms. The lowest BCUT2D eigenvalue weighted by atomic mass is 9.98. The van der Waals surface area contributed by atoms with E-state index in [1.807, 2.05) is 0 Å². The van der Waals surface area contributed by atoms with E-state index >= 15 is 0 Å². The topological polar surface area (TPSA) is 179 Å². The Labute approximate surface area is 149 Å². The van der Waals surface area contributed by atoms with E-state index in [1.165, 1.54) is 0 Å². The lowest BCUT2D eigenvalue weighted by molar-refractivity contribution is -0.329. The van der Waals surface area contributed by atoms with Crippen LogP contribution in [0.25, 0.3) is 0 Å². The zero-order valence-corrected chi connectivity index (χ0v) is 13.7. The number of ether oxygens (including phenoxy) is 4. The molecule has 0 unspecified atom stereocenters. The van der Waals surface area contributed by atoms with Gasteiger partial charge in [0.25, 0.3) is 0 Å². The van der Waals surface area contributed by atoms with Crippen LogP contribution in [-0.4, -0.2) is 117 Å². The van der Waals surface area contributed by atoms with Crippen molar-refractivity contribution in [3.05, 3.63) is 0 Å². The van der Waals surface area contributed by atoms with E-state index in [-0.39, 0.29) is 6.61 Å². The summed E-state index contributed by atoms with van der Waals surface area (Å²) in [6, 6.07) is 0. The Morgan fingerprint density at radius 1 is 0.731 bits per heavy atom. The summed E-state index contributed by atoms with van der Waals surface area (Å²) in [5.74, 6) is 2.17. The van der Waals surface area contributed by atoms with Gasteiger partial charge in [0.05, 0.1) is 13.2 Å². The highest BCUT2D eigenvalue weighted by Gasteiger charge is 2.47. The van der Waals surface area contributed by atoms with Crippen molar-refractivity contribution >= 4 is 0 Å². The summed E-state index contributed by atoms with van der Waals surface area (Å²) in [5.41, 5.74) is 0. The SMILES string of the molecule is C#CCO[C@H]1O[C@H](CO[C@H]2O[C@H](CO)[C@H](O)[C@H](O)[C@H]2O)[C@@H](O)[C@H](O)[C@H]1O. The zero-order chi connectivity index (χ0) is 19.4. The van der Waals surface area contributed by atoms with Gasteiger partial charge in [-0.2, -0.15) is 0 Å². The monoisotopic (exact) mass is 380 g/mol. The van der Waals surface area contributed by atoms with Crippen LogP contribution in [0.1, 0.15) is 0 Å². The van der Waals surface area contributed by atoms with Crippen LogP contribution < -0.4 is 0 Å². The Kier molecular flexibility index (Phi) is 7.71. The van der Waals surface area contributed by atoms with Crippen LogP contribution in [0.3, 0.4) is 0 Å². The molecule has 0 aliphatic carbocycles. The standard InChI is InChI=1S/C15H24O11/c1-2-3-23-14-12(21)11(20)9(18)7(26-14)5-24-15-13(22)10(19)8(17)6(4-16)25-15/h1,6-22H,3-5H2/t6-,7-,8+,9-,10+,11+,12-,13-,14+,15+/m1/s1. The number of aliphatic hydroxyl groups excluding tert-OH is 7. The van der Waals surface area contributed by atoms with Gasteiger partial charge >= 0.3 is 0 Å². The van der Waals surface area contributed by atoms with Gasteiger partial charge in [-0.15, -0.1) is 6.42 Å². The maximum atomic E-state index is 10.00. The molecule has 2 aliphatic heterocycles. The summed E-state index contributed by atoms with van der Waals surface area (Å²) < 4.78 is 20.8. The Hall–Kier alpha value is -0.880. The fourth-order valence-electron chi connectivity index (χ4n) is 2.72. The molecule has 0 saturated carbocycles. The fraction of sp³-hybridized carbons (Fsp3) is 0.867. The van der Waals surface area contributed by atoms with Gasteiger partial charge in [-0.1, -0.05) is 5.92 Å². The quantitative estimate of drug-likeness (QED) is 0.220. The third-order valence-corrected chi connectivity index (χ3v) is 4.27. The van der Waals surface area contributed by atoms with Gasteiger partial charge < -0.3 is 54.7 Å². The number of rotatable bonds is 6. The van der Waals surface area contributed by atoms with Crippen LogP contribution in [0.15, 0.2) is 0 Å². The van der Waals surface area contributed by atoms with E-state index in [0.717, 1.165) is 0 Å². The van der Waals surface area contributed by atoms with Gasteiger partial charge in [0.15, 0.2) is 12.6 Å². The highest BCUT2D eigenvalue weighted by atomic mass is 16.7. The Bertz CT molecular complexity index is 481. The molecule has 0 radical (unpaired) electrons. The van der Waals surface area contributed by atoms with Crippen molar-refractivity contribution in [1.29, 1.82) is 0 Å². The first-order chi connectivity index (χ1) is 12.3. The van der Waals surface area contributed by atoms with Gasteiger partial charge in [0.2, 0.25) is 0 Å². The second-order valence-electron chi connectivity index (χ2n) is 6.06. The average Bonchev–Trinajstić information content (AvgIpc) is 2.64. The van der Waals surface area contributed by atoms with Crippen molar-refractivity contribution in [1.82, 2.24) is 0 Å². The second-order valence-corrected chi connectivity index (χ2v) is 6.06. The van der Waals surface area contributed by atoms with Crippen molar-refractivity contribution in [3.8, 4) is 12.3 Å². The summed E-state index contributed by atoms with van der Waals surface area (Å²) in [7, 11) is 0. The minimum atomic E-state index is -1.63. The number of aliphatic hydroxyl groups is 7. The van der Waals surface area contributed by atoms with Crippen LogP contribution in [-0.2, 0) is 18.9 Å². The lowest BCUT2D eigenvalue weighted by Crippen LogP contribution is -2.61. The van der Waals surface area contributed by atoms with E-state index in [1.54, 1.807) is 0 Å². The molecule has 2 heterocycles. The van der Waals surface area contributed by atoms with E-state index in [9.17, 15) is 30.6 Å². The third-order valence-electron chi connectivity index (χ3n) is 4.27. The predicted octanol–water partition coefficient (Wildman–Crippen LogP) is -4.74. The second kappa shape index (κ2) is 9.36. The molecule has 11 nitrogen and oxygen atoms in total. The third kappa shape index (κ3) is 4.50. The molecule has 2 rings (SSSR count). The maximum Gasteiger partial charge on any atom is 0.187 e. The molecule has 150 valence electrons.